The lowest BCUT2D eigenvalue weighted by Gasteiger charge is -2.12. The Balaban J connectivity index is 1.93. The van der Waals surface area contributed by atoms with Gasteiger partial charge in [-0.05, 0) is 18.2 Å². The molecule has 1 saturated heterocycles. The maximum absolute atomic E-state index is 11.8. The van der Waals surface area contributed by atoms with Crippen LogP contribution in [0.4, 0.5) is 5.69 Å². The lowest BCUT2D eigenvalue weighted by Crippen LogP contribution is -3.11. The number of anilines is 1. The monoisotopic (exact) mass is 273 g/mol. The molecule has 3 nitrogen and oxygen atoms in total. The fourth-order valence-electron chi connectivity index (χ4n) is 2.06. The van der Waals surface area contributed by atoms with E-state index in [9.17, 15) is 4.79 Å². The second-order valence-corrected chi connectivity index (χ2v) is 5.15. The zero-order valence-electron chi connectivity index (χ0n) is 9.43. The molecule has 0 bridgehead atoms. The summed E-state index contributed by atoms with van der Waals surface area (Å²) >= 11 is 11.8. The van der Waals surface area contributed by atoms with Gasteiger partial charge >= 0.3 is 0 Å². The quantitative estimate of drug-likeness (QED) is 0.862. The Hall–Kier alpha value is -0.770. The standard InChI is InChI=1S/C12H14Cl2N2O/c13-9-3-4-11(10(14)7-9)15-12(17)8-16-5-1-2-6-16/h3-4,7H,1-2,5-6,8H2,(H,15,17)/p+1. The largest absolute Gasteiger partial charge is 0.327 e. The molecule has 0 spiro atoms. The van der Waals surface area contributed by atoms with Crippen LogP contribution >= 0.6 is 23.2 Å². The number of hydrogen-bond acceptors (Lipinski definition) is 1. The van der Waals surface area contributed by atoms with E-state index in [1.165, 1.54) is 17.7 Å². The minimum atomic E-state index is 0.00567. The molecule has 5 heteroatoms. The third kappa shape index (κ3) is 3.60. The Labute approximate surface area is 111 Å². The van der Waals surface area contributed by atoms with Crippen LogP contribution in [0.15, 0.2) is 18.2 Å². The van der Waals surface area contributed by atoms with E-state index >= 15 is 0 Å². The van der Waals surface area contributed by atoms with Crippen LogP contribution in [0.5, 0.6) is 0 Å². The summed E-state index contributed by atoms with van der Waals surface area (Å²) in [5.74, 6) is 0.00567. The van der Waals surface area contributed by atoms with E-state index in [0.29, 0.717) is 22.3 Å². The van der Waals surface area contributed by atoms with Crippen molar-refractivity contribution in [2.24, 2.45) is 0 Å². The third-order valence-corrected chi connectivity index (χ3v) is 3.47. The van der Waals surface area contributed by atoms with E-state index in [2.05, 4.69) is 5.32 Å². The number of quaternary nitrogens is 1. The van der Waals surface area contributed by atoms with Crippen LogP contribution in [-0.2, 0) is 4.79 Å². The Bertz CT molecular complexity index is 417. The van der Waals surface area contributed by atoms with Crippen molar-refractivity contribution in [1.82, 2.24) is 0 Å². The van der Waals surface area contributed by atoms with Crippen molar-refractivity contribution >= 4 is 34.8 Å². The van der Waals surface area contributed by atoms with Crippen LogP contribution in [-0.4, -0.2) is 25.5 Å². The molecule has 1 heterocycles. The summed E-state index contributed by atoms with van der Waals surface area (Å²) < 4.78 is 0. The number of carbonyl (C=O) groups excluding carboxylic acids is 1. The summed E-state index contributed by atoms with van der Waals surface area (Å²) in [7, 11) is 0. The number of nitrogens with one attached hydrogen (secondary N) is 2. The van der Waals surface area contributed by atoms with Gasteiger partial charge in [0, 0.05) is 17.9 Å². The van der Waals surface area contributed by atoms with Crippen molar-refractivity contribution in [3.63, 3.8) is 0 Å². The van der Waals surface area contributed by atoms with Gasteiger partial charge < -0.3 is 10.2 Å². The first-order chi connectivity index (χ1) is 8.15. The van der Waals surface area contributed by atoms with Crippen LogP contribution in [0, 0.1) is 0 Å². The summed E-state index contributed by atoms with van der Waals surface area (Å²) in [6.45, 7) is 2.68. The molecule has 2 rings (SSSR count). The lowest BCUT2D eigenvalue weighted by atomic mass is 10.3. The number of carbonyl (C=O) groups is 1. The first-order valence-corrected chi connectivity index (χ1v) is 6.49. The summed E-state index contributed by atoms with van der Waals surface area (Å²) in [4.78, 5) is 13.1. The van der Waals surface area contributed by atoms with E-state index in [0.717, 1.165) is 13.1 Å². The van der Waals surface area contributed by atoms with Crippen molar-refractivity contribution in [2.75, 3.05) is 25.0 Å². The third-order valence-electron chi connectivity index (χ3n) is 2.93. The SMILES string of the molecule is O=C(C[NH+]1CCCC1)Nc1ccc(Cl)cc1Cl. The molecule has 1 aliphatic rings. The van der Waals surface area contributed by atoms with E-state index in [1.807, 2.05) is 0 Å². The van der Waals surface area contributed by atoms with Crippen LogP contribution in [0.2, 0.25) is 10.0 Å². The van der Waals surface area contributed by atoms with Gasteiger partial charge in [-0.25, -0.2) is 0 Å². The van der Waals surface area contributed by atoms with E-state index < -0.39 is 0 Å². The molecular formula is C12H15Cl2N2O+. The van der Waals surface area contributed by atoms with E-state index in [1.54, 1.807) is 18.2 Å². The van der Waals surface area contributed by atoms with Gasteiger partial charge in [-0.3, -0.25) is 4.79 Å². The Morgan fingerprint density at radius 2 is 2.00 bits per heavy atom. The average Bonchev–Trinajstić information content (AvgIpc) is 2.75. The normalized spacial score (nSPS) is 16.1. The van der Waals surface area contributed by atoms with Gasteiger partial charge in [0.25, 0.3) is 5.91 Å². The topological polar surface area (TPSA) is 33.5 Å². The van der Waals surface area contributed by atoms with Gasteiger partial charge in [0.15, 0.2) is 6.54 Å². The molecule has 1 fully saturated rings. The summed E-state index contributed by atoms with van der Waals surface area (Å²) in [5.41, 5.74) is 0.625. The second-order valence-electron chi connectivity index (χ2n) is 4.31. The van der Waals surface area contributed by atoms with Crippen LogP contribution in [0.25, 0.3) is 0 Å². The Morgan fingerprint density at radius 1 is 1.29 bits per heavy atom. The van der Waals surface area contributed by atoms with Gasteiger partial charge in [0.2, 0.25) is 0 Å². The number of halogens is 2. The van der Waals surface area contributed by atoms with Gasteiger partial charge in [-0.15, -0.1) is 0 Å². The van der Waals surface area contributed by atoms with Gasteiger partial charge in [-0.1, -0.05) is 23.2 Å². The highest BCUT2D eigenvalue weighted by Crippen LogP contribution is 2.25. The summed E-state index contributed by atoms with van der Waals surface area (Å²) in [5, 5.41) is 3.86. The average molecular weight is 274 g/mol. The van der Waals surface area contributed by atoms with Crippen molar-refractivity contribution in [3.05, 3.63) is 28.2 Å². The molecule has 0 saturated carbocycles. The number of likely N-dealkylation sites (tertiary alicyclic amines) is 1. The smallest absolute Gasteiger partial charge is 0.279 e. The number of amides is 1. The highest BCUT2D eigenvalue weighted by Gasteiger charge is 2.19. The maximum Gasteiger partial charge on any atom is 0.279 e. The van der Waals surface area contributed by atoms with Crippen molar-refractivity contribution in [3.8, 4) is 0 Å². The van der Waals surface area contributed by atoms with Crippen molar-refractivity contribution in [2.45, 2.75) is 12.8 Å². The Morgan fingerprint density at radius 3 is 2.65 bits per heavy atom. The predicted molar refractivity (Wildman–Crippen MR) is 69.9 cm³/mol. The van der Waals surface area contributed by atoms with Gasteiger partial charge in [0.05, 0.1) is 23.8 Å². The molecule has 1 amide bonds. The zero-order chi connectivity index (χ0) is 12.3. The molecule has 1 aromatic rings. The van der Waals surface area contributed by atoms with Gasteiger partial charge in [-0.2, -0.15) is 0 Å². The van der Waals surface area contributed by atoms with Gasteiger partial charge in [0.1, 0.15) is 0 Å². The molecule has 2 N–H and O–H groups in total. The fourth-order valence-corrected chi connectivity index (χ4v) is 2.52. The minimum Gasteiger partial charge on any atom is -0.327 e. The first-order valence-electron chi connectivity index (χ1n) is 5.73. The predicted octanol–water partition coefficient (Wildman–Crippen LogP) is 1.61. The molecule has 92 valence electrons. The molecule has 0 atom stereocenters. The molecule has 0 aliphatic carbocycles. The molecule has 1 aromatic carbocycles. The van der Waals surface area contributed by atoms with Crippen molar-refractivity contribution in [1.29, 1.82) is 0 Å². The maximum atomic E-state index is 11.8. The molecule has 1 aliphatic heterocycles. The summed E-state index contributed by atoms with van der Waals surface area (Å²) in [6.07, 6.45) is 2.43. The summed E-state index contributed by atoms with van der Waals surface area (Å²) in [6, 6.07) is 5.06. The van der Waals surface area contributed by atoms with Crippen molar-refractivity contribution < 1.29 is 9.69 Å². The van der Waals surface area contributed by atoms with Crippen LogP contribution < -0.4 is 10.2 Å². The molecular weight excluding hydrogens is 259 g/mol. The minimum absolute atomic E-state index is 0.00567. The second kappa shape index (κ2) is 5.71. The van der Waals surface area contributed by atoms with Crippen LogP contribution in [0.1, 0.15) is 12.8 Å². The van der Waals surface area contributed by atoms with E-state index in [-0.39, 0.29) is 5.91 Å². The number of hydrogen-bond donors (Lipinski definition) is 2. The van der Waals surface area contributed by atoms with E-state index in [4.69, 9.17) is 23.2 Å². The highest BCUT2D eigenvalue weighted by atomic mass is 35.5. The lowest BCUT2D eigenvalue weighted by molar-refractivity contribution is -0.878. The molecule has 17 heavy (non-hydrogen) atoms. The molecule has 0 aromatic heterocycles. The number of benzene rings is 1. The Kier molecular flexibility index (Phi) is 4.26. The highest BCUT2D eigenvalue weighted by molar-refractivity contribution is 6.36. The number of rotatable bonds is 3. The molecule has 0 unspecified atom stereocenters. The first kappa shape index (κ1) is 12.7. The van der Waals surface area contributed by atoms with Crippen LogP contribution in [0.3, 0.4) is 0 Å². The molecule has 0 radical (unpaired) electrons. The fraction of sp³-hybridized carbons (Fsp3) is 0.417. The zero-order valence-corrected chi connectivity index (χ0v) is 10.9.